The third-order valence-electron chi connectivity index (χ3n) is 3.83. The van der Waals surface area contributed by atoms with E-state index in [1.807, 2.05) is 12.1 Å². The molecule has 3 aromatic carbocycles. The molecular weight excluding hydrogens is 244 g/mol. The first-order valence-electron chi connectivity index (χ1n) is 6.80. The molecule has 4 rings (SSSR count). The van der Waals surface area contributed by atoms with Gasteiger partial charge >= 0.3 is 0 Å². The lowest BCUT2D eigenvalue weighted by molar-refractivity contribution is 0.669. The van der Waals surface area contributed by atoms with Crippen LogP contribution in [0.15, 0.2) is 71.1 Å². The van der Waals surface area contributed by atoms with E-state index in [9.17, 15) is 0 Å². The predicted octanol–water partition coefficient (Wildman–Crippen LogP) is 5.56. The second-order valence-corrected chi connectivity index (χ2v) is 5.12. The second-order valence-electron chi connectivity index (χ2n) is 5.12. The molecule has 0 unspecified atom stereocenters. The van der Waals surface area contributed by atoms with Crippen LogP contribution >= 0.6 is 0 Å². The summed E-state index contributed by atoms with van der Waals surface area (Å²) in [5, 5.41) is 2.36. The number of fused-ring (bicyclic) bond motifs is 3. The van der Waals surface area contributed by atoms with E-state index >= 15 is 0 Å². The van der Waals surface area contributed by atoms with Crippen molar-refractivity contribution in [1.29, 1.82) is 0 Å². The van der Waals surface area contributed by atoms with Gasteiger partial charge in [-0.2, -0.15) is 0 Å². The topological polar surface area (TPSA) is 13.1 Å². The Morgan fingerprint density at radius 2 is 1.45 bits per heavy atom. The molecule has 4 aromatic rings. The van der Waals surface area contributed by atoms with E-state index in [4.69, 9.17) is 4.42 Å². The molecule has 0 spiro atoms. The fourth-order valence-electron chi connectivity index (χ4n) is 2.79. The van der Waals surface area contributed by atoms with Crippen LogP contribution in [-0.4, -0.2) is 0 Å². The van der Waals surface area contributed by atoms with Crippen molar-refractivity contribution in [2.45, 2.75) is 6.92 Å². The molecule has 1 aromatic heterocycles. The normalized spacial score (nSPS) is 11.2. The van der Waals surface area contributed by atoms with Crippen molar-refractivity contribution in [2.24, 2.45) is 0 Å². The highest BCUT2D eigenvalue weighted by Gasteiger charge is 2.08. The number of benzene rings is 3. The maximum absolute atomic E-state index is 5.87. The average Bonchev–Trinajstić information content (AvgIpc) is 2.85. The molecule has 0 amide bonds. The summed E-state index contributed by atoms with van der Waals surface area (Å²) in [6.07, 6.45) is 0. The highest BCUT2D eigenvalue weighted by Crippen LogP contribution is 2.33. The minimum atomic E-state index is 0.948. The van der Waals surface area contributed by atoms with Crippen LogP contribution in [0.5, 0.6) is 0 Å². The predicted molar refractivity (Wildman–Crippen MR) is 83.9 cm³/mol. The first-order valence-corrected chi connectivity index (χ1v) is 6.80. The fraction of sp³-hybridized carbons (Fsp3) is 0.0526. The summed E-state index contributed by atoms with van der Waals surface area (Å²) >= 11 is 0. The lowest BCUT2D eigenvalue weighted by Gasteiger charge is -2.05. The van der Waals surface area contributed by atoms with Crippen molar-refractivity contribution in [3.8, 4) is 11.1 Å². The first-order chi connectivity index (χ1) is 9.83. The Balaban J connectivity index is 2.03. The monoisotopic (exact) mass is 258 g/mol. The largest absolute Gasteiger partial charge is 0.456 e. The number of rotatable bonds is 1. The van der Waals surface area contributed by atoms with Gasteiger partial charge in [-0.15, -0.1) is 0 Å². The summed E-state index contributed by atoms with van der Waals surface area (Å²) in [6, 6.07) is 23.1. The van der Waals surface area contributed by atoms with Crippen molar-refractivity contribution in [3.63, 3.8) is 0 Å². The Morgan fingerprint density at radius 1 is 0.700 bits per heavy atom. The third kappa shape index (κ3) is 1.64. The lowest BCUT2D eigenvalue weighted by Crippen LogP contribution is -1.81. The molecule has 96 valence electrons. The maximum Gasteiger partial charge on any atom is 0.135 e. The zero-order valence-electron chi connectivity index (χ0n) is 11.3. The fourth-order valence-corrected chi connectivity index (χ4v) is 2.79. The molecule has 1 heterocycles. The van der Waals surface area contributed by atoms with Gasteiger partial charge in [0.1, 0.15) is 11.2 Å². The van der Waals surface area contributed by atoms with Gasteiger partial charge in [-0.1, -0.05) is 48.5 Å². The Kier molecular flexibility index (Phi) is 2.40. The van der Waals surface area contributed by atoms with Gasteiger partial charge in [0.25, 0.3) is 0 Å². The summed E-state index contributed by atoms with van der Waals surface area (Å²) in [7, 11) is 0. The van der Waals surface area contributed by atoms with Gasteiger partial charge in [0, 0.05) is 10.8 Å². The van der Waals surface area contributed by atoms with E-state index in [2.05, 4.69) is 61.5 Å². The Bertz CT molecular complexity index is 915. The van der Waals surface area contributed by atoms with Crippen LogP contribution in [0.1, 0.15) is 5.56 Å². The summed E-state index contributed by atoms with van der Waals surface area (Å²) < 4.78 is 5.87. The van der Waals surface area contributed by atoms with E-state index in [0.717, 1.165) is 11.2 Å². The van der Waals surface area contributed by atoms with Crippen molar-refractivity contribution >= 4 is 21.9 Å². The highest BCUT2D eigenvalue weighted by atomic mass is 16.3. The lowest BCUT2D eigenvalue weighted by atomic mass is 9.99. The van der Waals surface area contributed by atoms with Crippen LogP contribution in [0.3, 0.4) is 0 Å². The van der Waals surface area contributed by atoms with E-state index in [-0.39, 0.29) is 0 Å². The van der Waals surface area contributed by atoms with Crippen LogP contribution in [-0.2, 0) is 0 Å². The van der Waals surface area contributed by atoms with Crippen LogP contribution in [0.25, 0.3) is 33.1 Å². The van der Waals surface area contributed by atoms with Gasteiger partial charge in [0.2, 0.25) is 0 Å². The molecule has 0 fully saturated rings. The summed E-state index contributed by atoms with van der Waals surface area (Å²) in [5.74, 6) is 0. The molecule has 0 bridgehead atoms. The number of para-hydroxylation sites is 1. The van der Waals surface area contributed by atoms with E-state index < -0.39 is 0 Å². The molecule has 0 aliphatic rings. The van der Waals surface area contributed by atoms with Crippen LogP contribution < -0.4 is 0 Å². The minimum Gasteiger partial charge on any atom is -0.456 e. The number of hydrogen-bond donors (Lipinski definition) is 0. The minimum absolute atomic E-state index is 0.948. The second kappa shape index (κ2) is 4.24. The third-order valence-corrected chi connectivity index (χ3v) is 3.83. The highest BCUT2D eigenvalue weighted by molar-refractivity contribution is 6.06. The molecule has 0 radical (unpaired) electrons. The molecule has 0 N–H and O–H groups in total. The quantitative estimate of drug-likeness (QED) is 0.435. The van der Waals surface area contributed by atoms with Crippen molar-refractivity contribution < 1.29 is 4.42 Å². The summed E-state index contributed by atoms with van der Waals surface area (Å²) in [6.45, 7) is 2.15. The summed E-state index contributed by atoms with van der Waals surface area (Å²) in [5.41, 5.74) is 5.70. The number of hydrogen-bond acceptors (Lipinski definition) is 1. The molecule has 0 aliphatic heterocycles. The molecule has 0 saturated carbocycles. The van der Waals surface area contributed by atoms with Crippen molar-refractivity contribution in [3.05, 3.63) is 72.3 Å². The van der Waals surface area contributed by atoms with E-state index in [1.165, 1.54) is 27.5 Å². The molecule has 1 nitrogen and oxygen atoms in total. The SMILES string of the molecule is Cc1ccccc1-c1ccc2oc3ccccc3c2c1. The van der Waals surface area contributed by atoms with Gasteiger partial charge in [-0.25, -0.2) is 0 Å². The standard InChI is InChI=1S/C19H14O/c1-13-6-2-3-7-15(13)14-10-11-19-17(12-14)16-8-4-5-9-18(16)20-19/h2-12H,1H3. The van der Waals surface area contributed by atoms with Gasteiger partial charge in [0.15, 0.2) is 0 Å². The molecule has 0 saturated heterocycles. The molecule has 20 heavy (non-hydrogen) atoms. The van der Waals surface area contributed by atoms with E-state index in [1.54, 1.807) is 0 Å². The molecular formula is C19H14O. The van der Waals surface area contributed by atoms with Crippen LogP contribution in [0, 0.1) is 6.92 Å². The van der Waals surface area contributed by atoms with Crippen LogP contribution in [0.2, 0.25) is 0 Å². The van der Waals surface area contributed by atoms with Crippen LogP contribution in [0.4, 0.5) is 0 Å². The van der Waals surface area contributed by atoms with Crippen molar-refractivity contribution in [2.75, 3.05) is 0 Å². The van der Waals surface area contributed by atoms with E-state index in [0.29, 0.717) is 0 Å². The zero-order chi connectivity index (χ0) is 13.5. The van der Waals surface area contributed by atoms with Crippen molar-refractivity contribution in [1.82, 2.24) is 0 Å². The van der Waals surface area contributed by atoms with Gasteiger partial charge in [-0.3, -0.25) is 0 Å². The summed E-state index contributed by atoms with van der Waals surface area (Å²) in [4.78, 5) is 0. The molecule has 0 aliphatic carbocycles. The Hall–Kier alpha value is -2.54. The number of aryl methyl sites for hydroxylation is 1. The van der Waals surface area contributed by atoms with Gasteiger partial charge in [0.05, 0.1) is 0 Å². The first kappa shape index (κ1) is 11.3. The Morgan fingerprint density at radius 3 is 2.35 bits per heavy atom. The smallest absolute Gasteiger partial charge is 0.135 e. The zero-order valence-corrected chi connectivity index (χ0v) is 11.3. The van der Waals surface area contributed by atoms with Gasteiger partial charge in [-0.05, 0) is 41.8 Å². The number of furan rings is 1. The average molecular weight is 258 g/mol. The molecule has 1 heteroatoms. The maximum atomic E-state index is 5.87. The van der Waals surface area contributed by atoms with Gasteiger partial charge < -0.3 is 4.42 Å². The molecule has 0 atom stereocenters. The Labute approximate surface area is 117 Å².